The predicted octanol–water partition coefficient (Wildman–Crippen LogP) is 0.189. The Balaban J connectivity index is 2.10. The van der Waals surface area contributed by atoms with Gasteiger partial charge in [0, 0.05) is 34.2 Å². The summed E-state index contributed by atoms with van der Waals surface area (Å²) in [6.45, 7) is 0.304. The molecule has 1 aliphatic heterocycles. The van der Waals surface area contributed by atoms with Crippen LogP contribution in [0.15, 0.2) is 21.9 Å². The molecule has 1 N–H and O–H groups in total. The normalized spacial score (nSPS) is 27.2. The Morgan fingerprint density at radius 3 is 3.05 bits per heavy atom. The number of hydrogen-bond donors (Lipinski definition) is 1. The van der Waals surface area contributed by atoms with Gasteiger partial charge in [0.1, 0.15) is 12.3 Å². The molecule has 0 saturated carbocycles. The molecular weight excluding hydrogens is 321 g/mol. The van der Waals surface area contributed by atoms with Crippen LogP contribution >= 0.6 is 25.4 Å². The van der Waals surface area contributed by atoms with E-state index in [1.54, 1.807) is 0 Å². The van der Waals surface area contributed by atoms with Gasteiger partial charge in [-0.2, -0.15) is 0 Å². The molecule has 10 heteroatoms. The molecule has 0 radical (unpaired) electrons. The molecule has 1 saturated heterocycles. The molecule has 1 fully saturated rings. The first kappa shape index (κ1) is 16.2. The molecule has 0 amide bonds. The van der Waals surface area contributed by atoms with Crippen molar-refractivity contribution in [1.82, 2.24) is 9.13 Å². The molecule has 2 heterocycles. The quantitative estimate of drug-likeness (QED) is 0.612. The van der Waals surface area contributed by atoms with E-state index in [-0.39, 0.29) is 5.56 Å². The van der Waals surface area contributed by atoms with E-state index < -0.39 is 24.1 Å². The highest BCUT2D eigenvalue weighted by molar-refractivity contribution is 8.37. The van der Waals surface area contributed by atoms with Crippen LogP contribution in [0.5, 0.6) is 0 Å². The summed E-state index contributed by atoms with van der Waals surface area (Å²) in [6.07, 6.45) is 0.00893. The second kappa shape index (κ2) is 7.22. The first-order chi connectivity index (χ1) is 9.54. The first-order valence-corrected chi connectivity index (χ1v) is 10.7. The SMILES string of the molecule is Cn1c(=O)ccn([C@H]2CC(O)[C@@H](COPPP)O2)c1=O. The highest BCUT2D eigenvalue weighted by Gasteiger charge is 2.35. The molecule has 6 atom stereocenters. The van der Waals surface area contributed by atoms with Crippen molar-refractivity contribution in [3.8, 4) is 0 Å². The minimum atomic E-state index is -0.679. The zero-order valence-corrected chi connectivity index (χ0v) is 14.0. The van der Waals surface area contributed by atoms with Crippen molar-refractivity contribution < 1.29 is 14.4 Å². The minimum Gasteiger partial charge on any atom is -0.390 e. The van der Waals surface area contributed by atoms with Crippen LogP contribution < -0.4 is 11.2 Å². The van der Waals surface area contributed by atoms with Crippen molar-refractivity contribution in [3.05, 3.63) is 33.1 Å². The van der Waals surface area contributed by atoms with Crippen LogP contribution in [0.4, 0.5) is 0 Å². The van der Waals surface area contributed by atoms with E-state index in [0.29, 0.717) is 29.5 Å². The van der Waals surface area contributed by atoms with E-state index in [2.05, 4.69) is 8.93 Å². The van der Waals surface area contributed by atoms with E-state index in [4.69, 9.17) is 9.26 Å². The van der Waals surface area contributed by atoms with Gasteiger partial charge in [-0.3, -0.25) is 13.9 Å². The summed E-state index contributed by atoms with van der Waals surface area (Å²) in [6, 6.07) is 1.30. The average molecular weight is 338 g/mol. The van der Waals surface area contributed by atoms with Gasteiger partial charge in [0.25, 0.3) is 5.56 Å². The number of hydrogen-bond acceptors (Lipinski definition) is 5. The van der Waals surface area contributed by atoms with Crippen molar-refractivity contribution in [2.75, 3.05) is 6.61 Å². The van der Waals surface area contributed by atoms with E-state index in [1.807, 2.05) is 0 Å². The number of aliphatic hydroxyl groups excluding tert-OH is 1. The lowest BCUT2D eigenvalue weighted by Gasteiger charge is -2.16. The molecule has 1 aromatic rings. The predicted molar refractivity (Wildman–Crippen MR) is 82.8 cm³/mol. The van der Waals surface area contributed by atoms with Crippen LogP contribution in [-0.2, 0) is 16.3 Å². The number of nitrogens with zero attached hydrogens (tertiary/aromatic N) is 2. The summed E-state index contributed by atoms with van der Waals surface area (Å²) in [5.41, 5.74) is -0.822. The second-order valence-corrected chi connectivity index (χ2v) is 9.25. The molecule has 0 aliphatic carbocycles. The van der Waals surface area contributed by atoms with Gasteiger partial charge < -0.3 is 14.4 Å². The lowest BCUT2D eigenvalue weighted by molar-refractivity contribution is -0.0387. The summed E-state index contributed by atoms with van der Waals surface area (Å²) < 4.78 is 13.4. The van der Waals surface area contributed by atoms with Crippen LogP contribution in [0.3, 0.4) is 0 Å². The van der Waals surface area contributed by atoms with Gasteiger partial charge in [0.05, 0.1) is 12.7 Å². The Hall–Kier alpha value is -0.150. The molecule has 0 bridgehead atoms. The van der Waals surface area contributed by atoms with Gasteiger partial charge in [-0.25, -0.2) is 4.79 Å². The van der Waals surface area contributed by atoms with E-state index in [0.717, 1.165) is 4.57 Å². The van der Waals surface area contributed by atoms with Crippen molar-refractivity contribution in [2.24, 2.45) is 7.05 Å². The van der Waals surface area contributed by atoms with Gasteiger partial charge in [-0.1, -0.05) is 7.96 Å². The third-order valence-corrected chi connectivity index (χ3v) is 5.39. The topological polar surface area (TPSA) is 82.7 Å². The first-order valence-electron chi connectivity index (χ1n) is 5.98. The lowest BCUT2D eigenvalue weighted by Crippen LogP contribution is -2.38. The average Bonchev–Trinajstić information content (AvgIpc) is 2.78. The number of rotatable bonds is 5. The standard InChI is InChI=1S/C10H17N2O5P3/c1-11-8(14)2-3-12(10(11)15)9-4-6(13)7(17-9)5-16-19-20-18/h2-3,6-7,9,13,19-20H,4-5,18H2,1H3/t6?,7-,9-/m1/s1. The molecule has 0 aromatic carbocycles. The number of aliphatic hydroxyl groups is 1. The highest BCUT2D eigenvalue weighted by atomic mass is 32.4. The molecule has 2 rings (SSSR count). The van der Waals surface area contributed by atoms with Crippen molar-refractivity contribution >= 4 is 25.4 Å². The largest absolute Gasteiger partial charge is 0.390 e. The summed E-state index contributed by atoms with van der Waals surface area (Å²) in [7, 11) is 5.00. The summed E-state index contributed by atoms with van der Waals surface area (Å²) in [5, 5.41) is 9.95. The summed E-state index contributed by atoms with van der Waals surface area (Å²) in [5.74, 6) is 0. The smallest absolute Gasteiger partial charge is 0.332 e. The Bertz CT molecular complexity index is 575. The monoisotopic (exact) mass is 338 g/mol. The van der Waals surface area contributed by atoms with Gasteiger partial charge in [0.2, 0.25) is 0 Å². The minimum absolute atomic E-state index is 0.304. The van der Waals surface area contributed by atoms with E-state index in [1.165, 1.54) is 23.9 Å². The lowest BCUT2D eigenvalue weighted by atomic mass is 10.2. The second-order valence-electron chi connectivity index (χ2n) is 4.39. The van der Waals surface area contributed by atoms with E-state index in [9.17, 15) is 14.7 Å². The fourth-order valence-electron chi connectivity index (χ4n) is 2.01. The van der Waals surface area contributed by atoms with E-state index >= 15 is 0 Å². The fourth-order valence-corrected chi connectivity index (χ4v) is 3.59. The Morgan fingerprint density at radius 2 is 2.35 bits per heavy atom. The molecule has 1 aliphatic rings. The maximum atomic E-state index is 12.0. The van der Waals surface area contributed by atoms with Crippen molar-refractivity contribution in [1.29, 1.82) is 0 Å². The summed E-state index contributed by atoms with van der Waals surface area (Å²) in [4.78, 5) is 23.3. The maximum Gasteiger partial charge on any atom is 0.332 e. The zero-order chi connectivity index (χ0) is 14.7. The van der Waals surface area contributed by atoms with Crippen LogP contribution in [0.2, 0.25) is 0 Å². The van der Waals surface area contributed by atoms with Crippen molar-refractivity contribution in [2.45, 2.75) is 24.9 Å². The fraction of sp³-hybridized carbons (Fsp3) is 0.600. The molecule has 0 spiro atoms. The molecular formula is C10H17N2O5P3. The van der Waals surface area contributed by atoms with Crippen LogP contribution in [0.1, 0.15) is 12.6 Å². The van der Waals surface area contributed by atoms with Crippen LogP contribution in [0, 0.1) is 0 Å². The maximum absolute atomic E-state index is 12.0. The molecule has 20 heavy (non-hydrogen) atoms. The van der Waals surface area contributed by atoms with Crippen LogP contribution in [-0.4, -0.2) is 33.1 Å². The summed E-state index contributed by atoms with van der Waals surface area (Å²) >= 11 is 0. The molecule has 7 nitrogen and oxygen atoms in total. The van der Waals surface area contributed by atoms with Crippen LogP contribution in [0.25, 0.3) is 0 Å². The molecule has 1 aromatic heterocycles. The van der Waals surface area contributed by atoms with Crippen molar-refractivity contribution in [3.63, 3.8) is 0 Å². The molecule has 112 valence electrons. The molecule has 4 unspecified atom stereocenters. The third kappa shape index (κ3) is 3.54. The van der Waals surface area contributed by atoms with Gasteiger partial charge in [0.15, 0.2) is 0 Å². The van der Waals surface area contributed by atoms with Gasteiger partial charge in [-0.15, -0.1) is 8.93 Å². The highest BCUT2D eigenvalue weighted by Crippen LogP contribution is 2.44. The third-order valence-electron chi connectivity index (χ3n) is 3.11. The Labute approximate surface area is 121 Å². The zero-order valence-electron chi connectivity index (χ0n) is 10.9. The number of aromatic nitrogens is 2. The Morgan fingerprint density at radius 1 is 1.60 bits per heavy atom. The Kier molecular flexibility index (Phi) is 5.85. The van der Waals surface area contributed by atoms with Gasteiger partial charge >= 0.3 is 5.69 Å². The van der Waals surface area contributed by atoms with Gasteiger partial charge in [-0.05, 0) is 0 Å². The number of ether oxygens (including phenoxy) is 1.